The molecule has 0 saturated carbocycles. The van der Waals surface area contributed by atoms with Crippen molar-refractivity contribution in [1.82, 2.24) is 9.80 Å². The van der Waals surface area contributed by atoms with Gasteiger partial charge in [0.05, 0.1) is 0 Å². The molecule has 3 nitrogen and oxygen atoms in total. The van der Waals surface area contributed by atoms with E-state index in [1.807, 2.05) is 13.2 Å². The van der Waals surface area contributed by atoms with Crippen molar-refractivity contribution in [1.29, 1.82) is 0 Å². The minimum Gasteiger partial charge on any atom is -0.388 e. The predicted molar refractivity (Wildman–Crippen MR) is 98.6 cm³/mol. The van der Waals surface area contributed by atoms with Crippen LogP contribution in [0.4, 0.5) is 0 Å². The highest BCUT2D eigenvalue weighted by molar-refractivity contribution is 6.73. The molecule has 1 unspecified atom stereocenters. The molecule has 1 aliphatic heterocycles. The summed E-state index contributed by atoms with van der Waals surface area (Å²) in [7, 11) is 3.02. The number of piperazine rings is 1. The molecule has 1 atom stereocenters. The fourth-order valence-electron chi connectivity index (χ4n) is 3.12. The molecule has 0 aromatic heterocycles. The standard InChI is InChI=1S/C18H30N2OSi/c1-4-17-7-5-8-18(15-17)22(16-21-3)14-6-9-20-12-10-19(2)11-13-20/h4-5,7-8,15,22H,1,6,9-14,16H2,2-3H3. The number of methoxy groups -OCH3 is 1. The molecule has 0 radical (unpaired) electrons. The van der Waals surface area contributed by atoms with E-state index in [0.717, 1.165) is 6.23 Å². The maximum atomic E-state index is 5.50. The lowest BCUT2D eigenvalue weighted by Gasteiger charge is -2.32. The smallest absolute Gasteiger partial charge is 0.100 e. The second-order valence-electron chi connectivity index (χ2n) is 6.31. The second kappa shape index (κ2) is 9.25. The molecule has 0 N–H and O–H groups in total. The van der Waals surface area contributed by atoms with Crippen LogP contribution in [0.15, 0.2) is 30.8 Å². The van der Waals surface area contributed by atoms with Gasteiger partial charge in [-0.3, -0.25) is 0 Å². The number of nitrogens with zero attached hydrogens (tertiary/aromatic N) is 2. The van der Waals surface area contributed by atoms with Gasteiger partial charge in [-0.25, -0.2) is 0 Å². The molecule has 0 aliphatic carbocycles. The Labute approximate surface area is 137 Å². The van der Waals surface area contributed by atoms with Gasteiger partial charge in [-0.1, -0.05) is 48.2 Å². The number of hydrogen-bond acceptors (Lipinski definition) is 3. The molecule has 0 bridgehead atoms. The van der Waals surface area contributed by atoms with Crippen molar-refractivity contribution in [3.63, 3.8) is 0 Å². The number of hydrogen-bond donors (Lipinski definition) is 0. The molecule has 22 heavy (non-hydrogen) atoms. The monoisotopic (exact) mass is 318 g/mol. The van der Waals surface area contributed by atoms with Gasteiger partial charge in [-0.2, -0.15) is 0 Å². The Kier molecular flexibility index (Phi) is 7.32. The molecule has 1 heterocycles. The molecule has 122 valence electrons. The van der Waals surface area contributed by atoms with E-state index < -0.39 is 8.80 Å². The number of rotatable bonds is 8. The van der Waals surface area contributed by atoms with Crippen LogP contribution in [0.5, 0.6) is 0 Å². The van der Waals surface area contributed by atoms with Gasteiger partial charge in [0, 0.05) is 39.5 Å². The summed E-state index contributed by atoms with van der Waals surface area (Å²) >= 11 is 0. The summed E-state index contributed by atoms with van der Waals surface area (Å²) in [5.41, 5.74) is 1.23. The van der Waals surface area contributed by atoms with Crippen molar-refractivity contribution in [3.05, 3.63) is 36.4 Å². The molecule has 2 rings (SSSR count). The van der Waals surface area contributed by atoms with Crippen LogP contribution >= 0.6 is 0 Å². The molecule has 1 aliphatic rings. The van der Waals surface area contributed by atoms with Crippen molar-refractivity contribution in [2.75, 3.05) is 53.1 Å². The first-order valence-corrected chi connectivity index (χ1v) is 10.6. The predicted octanol–water partition coefficient (Wildman–Crippen LogP) is 1.59. The Balaban J connectivity index is 1.84. The molecular weight excluding hydrogens is 288 g/mol. The number of likely N-dealkylation sites (N-methyl/N-ethyl adjacent to an activating group) is 1. The van der Waals surface area contributed by atoms with Crippen molar-refractivity contribution in [2.45, 2.75) is 12.5 Å². The van der Waals surface area contributed by atoms with E-state index >= 15 is 0 Å². The van der Waals surface area contributed by atoms with Gasteiger partial charge in [0.15, 0.2) is 0 Å². The SMILES string of the molecule is C=Cc1cccc([SiH](CCCN2CCN(C)CC2)COC)c1. The Morgan fingerprint density at radius 3 is 2.73 bits per heavy atom. The van der Waals surface area contributed by atoms with Gasteiger partial charge in [-0.15, -0.1) is 0 Å². The first-order valence-electron chi connectivity index (χ1n) is 8.35. The quantitative estimate of drug-likeness (QED) is 0.677. The Bertz CT molecular complexity index is 458. The Morgan fingerprint density at radius 1 is 1.27 bits per heavy atom. The maximum absolute atomic E-state index is 5.50. The molecule has 1 fully saturated rings. The minimum absolute atomic E-state index is 0.934. The fourth-order valence-corrected chi connectivity index (χ4v) is 5.70. The van der Waals surface area contributed by atoms with E-state index in [9.17, 15) is 0 Å². The molecule has 1 saturated heterocycles. The van der Waals surface area contributed by atoms with Crippen LogP contribution in [0.3, 0.4) is 0 Å². The molecule has 4 heteroatoms. The zero-order chi connectivity index (χ0) is 15.8. The van der Waals surface area contributed by atoms with Crippen molar-refractivity contribution >= 4 is 20.1 Å². The summed E-state index contributed by atoms with van der Waals surface area (Å²) in [5, 5.41) is 1.51. The van der Waals surface area contributed by atoms with Crippen LogP contribution in [0, 0.1) is 0 Å². The van der Waals surface area contributed by atoms with Crippen LogP contribution in [0.1, 0.15) is 12.0 Å². The summed E-state index contributed by atoms with van der Waals surface area (Å²) in [5.74, 6) is 0. The van der Waals surface area contributed by atoms with E-state index in [1.54, 1.807) is 0 Å². The molecule has 0 amide bonds. The lowest BCUT2D eigenvalue weighted by Crippen LogP contribution is -2.45. The van der Waals surface area contributed by atoms with Crippen LogP contribution < -0.4 is 5.19 Å². The van der Waals surface area contributed by atoms with Crippen LogP contribution in [-0.4, -0.2) is 71.7 Å². The first kappa shape index (κ1) is 17.4. The highest BCUT2D eigenvalue weighted by atomic mass is 28.3. The summed E-state index contributed by atoms with van der Waals surface area (Å²) in [6.07, 6.45) is 4.16. The fraction of sp³-hybridized carbons (Fsp3) is 0.556. The average Bonchev–Trinajstić information content (AvgIpc) is 2.56. The van der Waals surface area contributed by atoms with Crippen LogP contribution in [0.2, 0.25) is 6.04 Å². The zero-order valence-corrected chi connectivity index (χ0v) is 15.3. The summed E-state index contributed by atoms with van der Waals surface area (Å²) in [6.45, 7) is 9.98. The van der Waals surface area contributed by atoms with Gasteiger partial charge in [0.25, 0.3) is 0 Å². The lowest BCUT2D eigenvalue weighted by molar-refractivity contribution is 0.154. The third-order valence-electron chi connectivity index (χ3n) is 4.61. The van der Waals surface area contributed by atoms with Crippen LogP contribution in [-0.2, 0) is 4.74 Å². The molecular formula is C18H30N2OSi. The highest BCUT2D eigenvalue weighted by Crippen LogP contribution is 2.07. The van der Waals surface area contributed by atoms with E-state index in [2.05, 4.69) is 47.7 Å². The second-order valence-corrected chi connectivity index (χ2v) is 9.28. The summed E-state index contributed by atoms with van der Waals surface area (Å²) in [6, 6.07) is 10.2. The summed E-state index contributed by atoms with van der Waals surface area (Å²) < 4.78 is 5.50. The Hall–Kier alpha value is -0.943. The zero-order valence-electron chi connectivity index (χ0n) is 14.1. The van der Waals surface area contributed by atoms with Gasteiger partial charge in [0.2, 0.25) is 0 Å². The topological polar surface area (TPSA) is 15.7 Å². The third kappa shape index (κ3) is 5.36. The molecule has 0 spiro atoms. The van der Waals surface area contributed by atoms with E-state index in [4.69, 9.17) is 4.74 Å². The van der Waals surface area contributed by atoms with Crippen molar-refractivity contribution in [3.8, 4) is 0 Å². The number of benzene rings is 1. The minimum atomic E-state index is -1.03. The van der Waals surface area contributed by atoms with E-state index in [-0.39, 0.29) is 0 Å². The van der Waals surface area contributed by atoms with Gasteiger partial charge in [0.1, 0.15) is 8.80 Å². The molecule has 1 aromatic carbocycles. The van der Waals surface area contributed by atoms with Crippen molar-refractivity contribution < 1.29 is 4.74 Å². The largest absolute Gasteiger partial charge is 0.388 e. The molecule has 1 aromatic rings. The van der Waals surface area contributed by atoms with E-state index in [0.29, 0.717) is 0 Å². The van der Waals surface area contributed by atoms with Gasteiger partial charge in [-0.05, 0) is 25.6 Å². The average molecular weight is 319 g/mol. The van der Waals surface area contributed by atoms with Gasteiger partial charge < -0.3 is 14.5 Å². The summed E-state index contributed by atoms with van der Waals surface area (Å²) in [4.78, 5) is 5.03. The number of ether oxygens (including phenoxy) is 1. The highest BCUT2D eigenvalue weighted by Gasteiger charge is 2.16. The lowest BCUT2D eigenvalue weighted by atomic mass is 10.2. The first-order chi connectivity index (χ1) is 10.7. The maximum Gasteiger partial charge on any atom is 0.100 e. The Morgan fingerprint density at radius 2 is 2.05 bits per heavy atom. The van der Waals surface area contributed by atoms with Crippen molar-refractivity contribution in [2.24, 2.45) is 0 Å². The van der Waals surface area contributed by atoms with Crippen LogP contribution in [0.25, 0.3) is 6.08 Å². The third-order valence-corrected chi connectivity index (χ3v) is 7.75. The van der Waals surface area contributed by atoms with Gasteiger partial charge >= 0.3 is 0 Å². The van der Waals surface area contributed by atoms with E-state index in [1.165, 1.54) is 55.9 Å². The normalized spacial score (nSPS) is 18.3.